The lowest BCUT2D eigenvalue weighted by Crippen LogP contribution is -2.30. The predicted octanol–water partition coefficient (Wildman–Crippen LogP) is 17.2. The van der Waals surface area contributed by atoms with E-state index in [0.717, 1.165) is 122 Å². The Kier molecular flexibility index (Phi) is 48.5. The molecule has 0 radical (unpaired) electrons. The molecular weight excluding hydrogens is 781 g/mol. The first-order valence-corrected chi connectivity index (χ1v) is 26.1. The second-order valence-corrected chi connectivity index (χ2v) is 17.1. The van der Waals surface area contributed by atoms with Crippen LogP contribution < -0.4 is 0 Å². The van der Waals surface area contributed by atoms with E-state index < -0.39 is 6.10 Å². The molecule has 0 amide bonds. The van der Waals surface area contributed by atoms with Crippen LogP contribution in [0.15, 0.2) is 85.1 Å². The minimum Gasteiger partial charge on any atom is -0.462 e. The molecule has 0 rings (SSSR count). The summed E-state index contributed by atoms with van der Waals surface area (Å²) < 4.78 is 16.7. The van der Waals surface area contributed by atoms with Gasteiger partial charge >= 0.3 is 17.9 Å². The standard InChI is InChI=1S/C57H96O6/c1-4-7-10-13-16-19-22-24-26-28-30-32-35-38-41-44-47-50-56(59)62-53-54(52-61-55(58)49-46-43-40-37-34-21-18-15-12-9-6-3)63-57(60)51-48-45-42-39-36-33-31-29-27-25-23-20-17-14-11-8-5-2/h15-20,24-27,30-33,54H,4-14,21-23,28-29,34-53H2,1-3H3/b18-15-,19-16-,20-17-,26-24-,27-25-,32-30-,33-31-/t54-/m0/s1. The maximum Gasteiger partial charge on any atom is 0.306 e. The third kappa shape index (κ3) is 49.5. The summed E-state index contributed by atoms with van der Waals surface area (Å²) in [5.41, 5.74) is 0. The first kappa shape index (κ1) is 59.6. The Morgan fingerprint density at radius 1 is 0.317 bits per heavy atom. The minimum absolute atomic E-state index is 0.0982. The molecule has 0 fully saturated rings. The van der Waals surface area contributed by atoms with Crippen LogP contribution in [0.1, 0.15) is 239 Å². The Morgan fingerprint density at radius 2 is 0.587 bits per heavy atom. The molecular formula is C57H96O6. The van der Waals surface area contributed by atoms with Gasteiger partial charge in [-0.2, -0.15) is 0 Å². The van der Waals surface area contributed by atoms with Gasteiger partial charge in [0, 0.05) is 19.3 Å². The Hall–Kier alpha value is -3.41. The fourth-order valence-corrected chi connectivity index (χ4v) is 6.85. The van der Waals surface area contributed by atoms with Crippen LogP contribution in [0.4, 0.5) is 0 Å². The average Bonchev–Trinajstić information content (AvgIpc) is 3.28. The zero-order valence-corrected chi connectivity index (χ0v) is 41.1. The van der Waals surface area contributed by atoms with Crippen LogP contribution in [0.2, 0.25) is 0 Å². The molecule has 0 spiro atoms. The number of carbonyl (C=O) groups is 3. The average molecular weight is 877 g/mol. The monoisotopic (exact) mass is 877 g/mol. The molecule has 6 heteroatoms. The molecule has 63 heavy (non-hydrogen) atoms. The minimum atomic E-state index is -0.801. The van der Waals surface area contributed by atoms with Gasteiger partial charge < -0.3 is 14.2 Å². The van der Waals surface area contributed by atoms with Gasteiger partial charge in [-0.05, 0) is 116 Å². The highest BCUT2D eigenvalue weighted by Crippen LogP contribution is 2.13. The Labute approximate surface area is 388 Å². The quantitative estimate of drug-likeness (QED) is 0.0262. The van der Waals surface area contributed by atoms with Crippen molar-refractivity contribution in [2.45, 2.75) is 245 Å². The van der Waals surface area contributed by atoms with Gasteiger partial charge in [-0.25, -0.2) is 0 Å². The van der Waals surface area contributed by atoms with Gasteiger partial charge in [-0.3, -0.25) is 14.4 Å². The number of rotatable bonds is 46. The van der Waals surface area contributed by atoms with Crippen molar-refractivity contribution in [2.75, 3.05) is 13.2 Å². The highest BCUT2D eigenvalue weighted by molar-refractivity contribution is 5.71. The van der Waals surface area contributed by atoms with Crippen molar-refractivity contribution in [1.29, 1.82) is 0 Å². The van der Waals surface area contributed by atoms with Gasteiger partial charge in [-0.15, -0.1) is 0 Å². The third-order valence-electron chi connectivity index (χ3n) is 10.8. The van der Waals surface area contributed by atoms with E-state index >= 15 is 0 Å². The summed E-state index contributed by atoms with van der Waals surface area (Å²) in [7, 11) is 0. The fraction of sp³-hybridized carbons (Fsp3) is 0.702. The van der Waals surface area contributed by atoms with Crippen LogP contribution in [0.25, 0.3) is 0 Å². The largest absolute Gasteiger partial charge is 0.462 e. The number of carbonyl (C=O) groups excluding carboxylic acids is 3. The summed E-state index contributed by atoms with van der Waals surface area (Å²) in [6.45, 7) is 6.49. The first-order chi connectivity index (χ1) is 31.0. The van der Waals surface area contributed by atoms with Crippen LogP contribution in [0.5, 0.6) is 0 Å². The Bertz CT molecular complexity index is 1240. The molecule has 0 aromatic heterocycles. The fourth-order valence-electron chi connectivity index (χ4n) is 6.85. The van der Waals surface area contributed by atoms with E-state index in [0.29, 0.717) is 19.3 Å². The van der Waals surface area contributed by atoms with Crippen LogP contribution >= 0.6 is 0 Å². The lowest BCUT2D eigenvalue weighted by Gasteiger charge is -2.18. The molecule has 360 valence electrons. The number of esters is 3. The highest BCUT2D eigenvalue weighted by atomic mass is 16.6. The van der Waals surface area contributed by atoms with E-state index in [4.69, 9.17) is 14.2 Å². The zero-order valence-electron chi connectivity index (χ0n) is 41.1. The van der Waals surface area contributed by atoms with Crippen molar-refractivity contribution in [3.8, 4) is 0 Å². The van der Waals surface area contributed by atoms with Crippen molar-refractivity contribution in [1.82, 2.24) is 0 Å². The van der Waals surface area contributed by atoms with E-state index in [1.54, 1.807) is 0 Å². The predicted molar refractivity (Wildman–Crippen MR) is 270 cm³/mol. The molecule has 0 aromatic carbocycles. The summed E-state index contributed by atoms with van der Waals surface area (Å²) in [5, 5.41) is 0. The number of allylic oxidation sites excluding steroid dienone is 14. The van der Waals surface area contributed by atoms with Crippen molar-refractivity contribution in [2.24, 2.45) is 0 Å². The number of ether oxygens (including phenoxy) is 3. The van der Waals surface area contributed by atoms with E-state index in [2.05, 4.69) is 106 Å². The molecule has 0 N–H and O–H groups in total. The SMILES string of the molecule is CCCC/C=C\CCCCCCCC(=O)OC[C@@H](COC(=O)CCCCCC/C=C\C/C=C\C/C=C\CCCCC)OC(=O)CCCCCC/C=C\C/C=C\C/C=C\CCCCC. The van der Waals surface area contributed by atoms with Crippen molar-refractivity contribution in [3.63, 3.8) is 0 Å². The maximum atomic E-state index is 12.8. The van der Waals surface area contributed by atoms with Crippen molar-refractivity contribution in [3.05, 3.63) is 85.1 Å². The van der Waals surface area contributed by atoms with Crippen molar-refractivity contribution >= 4 is 17.9 Å². The summed E-state index contributed by atoms with van der Waals surface area (Å²) in [5.74, 6) is -0.953. The summed E-state index contributed by atoms with van der Waals surface area (Å²) in [6.07, 6.45) is 65.6. The van der Waals surface area contributed by atoms with E-state index in [-0.39, 0.29) is 31.1 Å². The van der Waals surface area contributed by atoms with Crippen molar-refractivity contribution < 1.29 is 28.6 Å². The highest BCUT2D eigenvalue weighted by Gasteiger charge is 2.19. The maximum absolute atomic E-state index is 12.8. The molecule has 0 aliphatic carbocycles. The molecule has 0 unspecified atom stereocenters. The molecule has 0 heterocycles. The number of hydrogen-bond donors (Lipinski definition) is 0. The molecule has 0 aliphatic rings. The molecule has 0 saturated carbocycles. The molecule has 1 atom stereocenters. The second-order valence-electron chi connectivity index (χ2n) is 17.1. The summed E-state index contributed by atoms with van der Waals surface area (Å²) in [6, 6.07) is 0. The summed E-state index contributed by atoms with van der Waals surface area (Å²) in [4.78, 5) is 38.0. The van der Waals surface area contributed by atoms with E-state index in [1.807, 2.05) is 0 Å². The van der Waals surface area contributed by atoms with Crippen LogP contribution in [0.3, 0.4) is 0 Å². The third-order valence-corrected chi connectivity index (χ3v) is 10.8. The molecule has 0 aliphatic heterocycles. The molecule has 0 aromatic rings. The van der Waals surface area contributed by atoms with E-state index in [9.17, 15) is 14.4 Å². The van der Waals surface area contributed by atoms with Gasteiger partial charge in [0.2, 0.25) is 0 Å². The second kappa shape index (κ2) is 51.2. The number of hydrogen-bond acceptors (Lipinski definition) is 6. The van der Waals surface area contributed by atoms with Crippen LogP contribution in [-0.4, -0.2) is 37.2 Å². The molecule has 0 bridgehead atoms. The molecule has 0 saturated heterocycles. The normalized spacial score (nSPS) is 12.7. The van der Waals surface area contributed by atoms with Gasteiger partial charge in [0.1, 0.15) is 13.2 Å². The van der Waals surface area contributed by atoms with Gasteiger partial charge in [0.05, 0.1) is 0 Å². The Morgan fingerprint density at radius 3 is 0.952 bits per heavy atom. The van der Waals surface area contributed by atoms with Gasteiger partial charge in [-0.1, -0.05) is 189 Å². The lowest BCUT2D eigenvalue weighted by molar-refractivity contribution is -0.167. The first-order valence-electron chi connectivity index (χ1n) is 26.1. The van der Waals surface area contributed by atoms with Crippen LogP contribution in [0, 0.1) is 0 Å². The number of unbranched alkanes of at least 4 members (excludes halogenated alkanes) is 21. The van der Waals surface area contributed by atoms with Crippen LogP contribution in [-0.2, 0) is 28.6 Å². The lowest BCUT2D eigenvalue weighted by atomic mass is 10.1. The van der Waals surface area contributed by atoms with Gasteiger partial charge in [0.15, 0.2) is 6.10 Å². The smallest absolute Gasteiger partial charge is 0.306 e. The Balaban J connectivity index is 4.47. The van der Waals surface area contributed by atoms with Gasteiger partial charge in [0.25, 0.3) is 0 Å². The van der Waals surface area contributed by atoms with E-state index in [1.165, 1.54) is 77.0 Å². The molecule has 6 nitrogen and oxygen atoms in total. The topological polar surface area (TPSA) is 78.9 Å². The summed E-state index contributed by atoms with van der Waals surface area (Å²) >= 11 is 0. The zero-order chi connectivity index (χ0) is 45.8.